The van der Waals surface area contributed by atoms with E-state index in [2.05, 4.69) is 37.4 Å². The van der Waals surface area contributed by atoms with Crippen LogP contribution in [-0.4, -0.2) is 57.3 Å². The van der Waals surface area contributed by atoms with Gasteiger partial charge in [-0.15, -0.1) is 0 Å². The van der Waals surface area contributed by atoms with E-state index in [0.29, 0.717) is 30.2 Å². The Morgan fingerprint density at radius 1 is 1.07 bits per heavy atom. The lowest BCUT2D eigenvalue weighted by Gasteiger charge is -2.25. The lowest BCUT2D eigenvalue weighted by Crippen LogP contribution is -2.34. The molecule has 0 heterocycles. The zero-order valence-electron chi connectivity index (χ0n) is 19.8. The van der Waals surface area contributed by atoms with Crippen molar-refractivity contribution in [1.82, 2.24) is 4.90 Å². The van der Waals surface area contributed by atoms with Crippen molar-refractivity contribution < 1.29 is 14.3 Å². The largest absolute Gasteiger partial charge is 0.469 e. The molecule has 0 aliphatic heterocycles. The van der Waals surface area contributed by atoms with Crippen LogP contribution >= 0.6 is 0 Å². The van der Waals surface area contributed by atoms with E-state index in [0.717, 1.165) is 37.3 Å². The van der Waals surface area contributed by atoms with Crippen molar-refractivity contribution in [3.63, 3.8) is 0 Å². The number of esters is 1. The molecule has 0 aromatic heterocycles. The molecule has 0 aliphatic rings. The monoisotopic (exact) mass is 417 g/mol. The van der Waals surface area contributed by atoms with Gasteiger partial charge in [-0.05, 0) is 49.3 Å². The molecule has 0 radical (unpaired) electrons. The van der Waals surface area contributed by atoms with E-state index in [1.54, 1.807) is 6.21 Å². The maximum atomic E-state index is 13.2. The van der Waals surface area contributed by atoms with Gasteiger partial charge >= 0.3 is 5.97 Å². The molecule has 0 fully saturated rings. The first-order valence-corrected chi connectivity index (χ1v) is 10.9. The number of carbonyl (C=O) groups excluding carboxylic acids is 2. The molecule has 0 N–H and O–H groups in total. The van der Waals surface area contributed by atoms with Gasteiger partial charge in [0.15, 0.2) is 0 Å². The molecule has 6 heteroatoms. The van der Waals surface area contributed by atoms with Crippen molar-refractivity contribution in [2.75, 3.05) is 39.2 Å². The van der Waals surface area contributed by atoms with Crippen LogP contribution in [0.4, 0.5) is 11.4 Å². The number of methoxy groups -OCH3 is 1. The maximum absolute atomic E-state index is 13.2. The molecule has 0 spiro atoms. The molecule has 30 heavy (non-hydrogen) atoms. The van der Waals surface area contributed by atoms with Gasteiger partial charge < -0.3 is 14.5 Å². The highest BCUT2D eigenvalue weighted by atomic mass is 16.5. The van der Waals surface area contributed by atoms with Gasteiger partial charge in [-0.1, -0.05) is 27.7 Å². The van der Waals surface area contributed by atoms with E-state index < -0.39 is 0 Å². The first kappa shape index (κ1) is 25.7. The van der Waals surface area contributed by atoms with Crippen LogP contribution in [0.2, 0.25) is 0 Å². The van der Waals surface area contributed by atoms with E-state index >= 15 is 0 Å². The van der Waals surface area contributed by atoms with Crippen LogP contribution in [-0.2, 0) is 9.53 Å². The third kappa shape index (κ3) is 8.97. The van der Waals surface area contributed by atoms with E-state index in [9.17, 15) is 9.59 Å². The minimum Gasteiger partial charge on any atom is -0.469 e. The summed E-state index contributed by atoms with van der Waals surface area (Å²) in [5.74, 6) is 0.926. The zero-order valence-corrected chi connectivity index (χ0v) is 19.8. The Balaban J connectivity index is 3.02. The average molecular weight is 418 g/mol. The van der Waals surface area contributed by atoms with Crippen LogP contribution in [0.1, 0.15) is 63.7 Å². The Hall–Kier alpha value is -2.37. The van der Waals surface area contributed by atoms with Crippen molar-refractivity contribution in [2.24, 2.45) is 16.8 Å². The van der Waals surface area contributed by atoms with E-state index in [1.165, 1.54) is 7.11 Å². The summed E-state index contributed by atoms with van der Waals surface area (Å²) in [4.78, 5) is 32.9. The second-order valence-electron chi connectivity index (χ2n) is 8.68. The highest BCUT2D eigenvalue weighted by molar-refractivity contribution is 5.96. The molecule has 0 unspecified atom stereocenters. The third-order valence-electron chi connectivity index (χ3n) is 4.88. The summed E-state index contributed by atoms with van der Waals surface area (Å²) >= 11 is 0. The lowest BCUT2D eigenvalue weighted by molar-refractivity contribution is -0.140. The second-order valence-corrected chi connectivity index (χ2v) is 8.68. The summed E-state index contributed by atoms with van der Waals surface area (Å²) in [7, 11) is 5.25. The van der Waals surface area contributed by atoms with E-state index in [1.807, 2.05) is 42.1 Å². The molecular formula is C24H39N3O3. The first-order valence-electron chi connectivity index (χ1n) is 10.9. The van der Waals surface area contributed by atoms with E-state index in [-0.39, 0.29) is 11.9 Å². The number of hydrogen-bond acceptors (Lipinski definition) is 5. The van der Waals surface area contributed by atoms with Gasteiger partial charge in [0.2, 0.25) is 0 Å². The van der Waals surface area contributed by atoms with Gasteiger partial charge in [0.05, 0.1) is 24.9 Å². The Bertz CT molecular complexity index is 700. The average Bonchev–Trinajstić information content (AvgIpc) is 2.70. The molecule has 0 saturated carbocycles. The third-order valence-corrected chi connectivity index (χ3v) is 4.88. The smallest absolute Gasteiger partial charge is 0.305 e. The van der Waals surface area contributed by atoms with Gasteiger partial charge in [-0.2, -0.15) is 0 Å². The maximum Gasteiger partial charge on any atom is 0.305 e. The Labute approximate surface area is 182 Å². The number of ether oxygens (including phenoxy) is 1. The molecule has 6 nitrogen and oxygen atoms in total. The fraction of sp³-hybridized carbons (Fsp3) is 0.625. The molecule has 0 atom stereocenters. The molecule has 0 bridgehead atoms. The fourth-order valence-electron chi connectivity index (χ4n) is 2.90. The van der Waals surface area contributed by atoms with Crippen molar-refractivity contribution >= 4 is 29.5 Å². The van der Waals surface area contributed by atoms with Crippen LogP contribution in [0, 0.1) is 11.8 Å². The molecule has 168 valence electrons. The van der Waals surface area contributed by atoms with Gasteiger partial charge in [-0.25, -0.2) is 0 Å². The van der Waals surface area contributed by atoms with Gasteiger partial charge in [-0.3, -0.25) is 14.6 Å². The molecular weight excluding hydrogens is 378 g/mol. The zero-order chi connectivity index (χ0) is 22.7. The summed E-state index contributed by atoms with van der Waals surface area (Å²) in [5.41, 5.74) is 2.33. The summed E-state index contributed by atoms with van der Waals surface area (Å²) in [6.07, 6.45) is 4.52. The predicted molar refractivity (Wildman–Crippen MR) is 125 cm³/mol. The lowest BCUT2D eigenvalue weighted by atomic mass is 10.1. The van der Waals surface area contributed by atoms with Gasteiger partial charge in [0, 0.05) is 39.0 Å². The summed E-state index contributed by atoms with van der Waals surface area (Å²) in [6, 6.07) is 5.63. The van der Waals surface area contributed by atoms with Crippen LogP contribution < -0.4 is 4.90 Å². The van der Waals surface area contributed by atoms with Crippen LogP contribution in [0.25, 0.3) is 0 Å². The minimum absolute atomic E-state index is 0.0700. The van der Waals surface area contributed by atoms with Crippen molar-refractivity contribution in [1.29, 1.82) is 0 Å². The molecule has 1 aromatic rings. The summed E-state index contributed by atoms with van der Waals surface area (Å²) in [5, 5.41) is 0. The quantitative estimate of drug-likeness (QED) is 0.357. The molecule has 0 saturated heterocycles. The fourth-order valence-corrected chi connectivity index (χ4v) is 2.90. The first-order chi connectivity index (χ1) is 14.1. The number of amides is 1. The number of anilines is 1. The van der Waals surface area contributed by atoms with Crippen molar-refractivity contribution in [3.8, 4) is 0 Å². The summed E-state index contributed by atoms with van der Waals surface area (Å²) in [6.45, 7) is 10.3. The number of carbonyl (C=O) groups is 2. The molecule has 1 rings (SSSR count). The Morgan fingerprint density at radius 3 is 2.17 bits per heavy atom. The number of hydrogen-bond donors (Lipinski definition) is 0. The number of nitrogens with zero attached hydrogens (tertiary/aromatic N) is 3. The second kappa shape index (κ2) is 13.0. The Morgan fingerprint density at radius 2 is 1.67 bits per heavy atom. The van der Waals surface area contributed by atoms with Gasteiger partial charge in [0.25, 0.3) is 5.91 Å². The topological polar surface area (TPSA) is 62.2 Å². The molecule has 1 amide bonds. The van der Waals surface area contributed by atoms with Crippen LogP contribution in [0.3, 0.4) is 0 Å². The predicted octanol–water partition coefficient (Wildman–Crippen LogP) is 4.94. The highest BCUT2D eigenvalue weighted by Crippen LogP contribution is 2.29. The summed E-state index contributed by atoms with van der Waals surface area (Å²) < 4.78 is 4.65. The van der Waals surface area contributed by atoms with Crippen molar-refractivity contribution in [2.45, 2.75) is 53.4 Å². The van der Waals surface area contributed by atoms with E-state index in [4.69, 9.17) is 0 Å². The molecule has 1 aromatic carbocycles. The van der Waals surface area contributed by atoms with Crippen LogP contribution in [0.5, 0.6) is 0 Å². The minimum atomic E-state index is -0.252. The number of benzene rings is 1. The SMILES string of the molecule is COC(=O)CCC=Nc1ccc(C(=O)N(CCC(C)C)CCC(C)C)cc1N(C)C. The normalized spacial score (nSPS) is 11.4. The number of aliphatic imine (C=N–C) groups is 1. The standard InChI is InChI=1S/C24H39N3O3/c1-18(2)12-15-27(16-13-19(3)4)24(29)20-10-11-21(22(17-20)26(5)6)25-14-8-9-23(28)30-7/h10-11,14,17-19H,8-9,12-13,15-16H2,1-7H3. The highest BCUT2D eigenvalue weighted by Gasteiger charge is 2.18. The van der Waals surface area contributed by atoms with Crippen LogP contribution in [0.15, 0.2) is 23.2 Å². The number of rotatable bonds is 12. The Kier molecular flexibility index (Phi) is 11.2. The molecule has 0 aliphatic carbocycles. The van der Waals surface area contributed by atoms with Gasteiger partial charge in [0.1, 0.15) is 0 Å². The van der Waals surface area contributed by atoms with Crippen molar-refractivity contribution in [3.05, 3.63) is 23.8 Å².